The molecule has 1 saturated heterocycles. The number of carbonyl (C=O) groups is 2. The Hall–Kier alpha value is -2.69. The van der Waals surface area contributed by atoms with Gasteiger partial charge in [0.15, 0.2) is 0 Å². The van der Waals surface area contributed by atoms with Crippen molar-refractivity contribution in [2.24, 2.45) is 0 Å². The molecule has 24 heavy (non-hydrogen) atoms. The largest absolute Gasteiger partial charge is 0.350 e. The van der Waals surface area contributed by atoms with Gasteiger partial charge in [-0.1, -0.05) is 35.9 Å². The van der Waals surface area contributed by atoms with Gasteiger partial charge in [-0.3, -0.25) is 14.6 Å². The first-order valence-electron chi connectivity index (χ1n) is 8.15. The van der Waals surface area contributed by atoms with Crippen molar-refractivity contribution >= 4 is 11.8 Å². The van der Waals surface area contributed by atoms with Gasteiger partial charge in [-0.25, -0.2) is 0 Å². The predicted octanol–water partition coefficient (Wildman–Crippen LogP) is 2.20. The number of likely N-dealkylation sites (tertiary alicyclic amines) is 1. The van der Waals surface area contributed by atoms with Crippen LogP contribution in [0.4, 0.5) is 0 Å². The van der Waals surface area contributed by atoms with E-state index in [4.69, 9.17) is 0 Å². The molecule has 2 heterocycles. The van der Waals surface area contributed by atoms with Crippen LogP contribution in [0.25, 0.3) is 0 Å². The molecule has 1 fully saturated rings. The standard InChI is InChI=1S/C19H21N3O2/c1-14-4-6-15(7-5-14)13-22-17(8-9-18(22)23)19(24)21-12-16-3-2-10-20-11-16/h2-7,10-11,17H,8-9,12-13H2,1H3,(H,21,24)/t17-/m1/s1. The minimum absolute atomic E-state index is 0.0390. The van der Waals surface area contributed by atoms with Gasteiger partial charge in [-0.2, -0.15) is 0 Å². The summed E-state index contributed by atoms with van der Waals surface area (Å²) in [5, 5.41) is 2.91. The zero-order valence-electron chi connectivity index (χ0n) is 13.7. The van der Waals surface area contributed by atoms with E-state index in [0.29, 0.717) is 25.9 Å². The second-order valence-corrected chi connectivity index (χ2v) is 6.14. The number of carbonyl (C=O) groups excluding carboxylic acids is 2. The highest BCUT2D eigenvalue weighted by Gasteiger charge is 2.35. The van der Waals surface area contributed by atoms with Gasteiger partial charge in [0.25, 0.3) is 0 Å². The molecule has 1 N–H and O–H groups in total. The molecule has 1 aliphatic rings. The first kappa shape index (κ1) is 16.2. The Bertz CT molecular complexity index is 713. The molecule has 3 rings (SSSR count). The minimum Gasteiger partial charge on any atom is -0.350 e. The van der Waals surface area contributed by atoms with Crippen LogP contribution in [-0.2, 0) is 22.7 Å². The average molecular weight is 323 g/mol. The van der Waals surface area contributed by atoms with E-state index in [9.17, 15) is 9.59 Å². The molecule has 0 spiro atoms. The third kappa shape index (κ3) is 3.79. The van der Waals surface area contributed by atoms with Crippen molar-refractivity contribution in [3.8, 4) is 0 Å². The Morgan fingerprint density at radius 3 is 2.75 bits per heavy atom. The highest BCUT2D eigenvalue weighted by Crippen LogP contribution is 2.22. The number of nitrogens with one attached hydrogen (secondary N) is 1. The Labute approximate surface area is 141 Å². The molecule has 5 heteroatoms. The van der Waals surface area contributed by atoms with Gasteiger partial charge < -0.3 is 10.2 Å². The SMILES string of the molecule is Cc1ccc(CN2C(=O)CC[C@@H]2C(=O)NCc2cccnc2)cc1. The number of aryl methyl sites for hydroxylation is 1. The van der Waals surface area contributed by atoms with E-state index in [-0.39, 0.29) is 11.8 Å². The number of rotatable bonds is 5. The fourth-order valence-corrected chi connectivity index (χ4v) is 2.90. The molecule has 0 unspecified atom stereocenters. The normalized spacial score (nSPS) is 17.1. The highest BCUT2D eigenvalue weighted by atomic mass is 16.2. The fraction of sp³-hybridized carbons (Fsp3) is 0.316. The molecule has 0 radical (unpaired) electrons. The molecule has 2 aromatic rings. The second-order valence-electron chi connectivity index (χ2n) is 6.14. The van der Waals surface area contributed by atoms with Crippen molar-refractivity contribution in [3.05, 3.63) is 65.5 Å². The summed E-state index contributed by atoms with van der Waals surface area (Å²) in [5.41, 5.74) is 3.17. The van der Waals surface area contributed by atoms with Crippen LogP contribution in [0.3, 0.4) is 0 Å². The monoisotopic (exact) mass is 323 g/mol. The topological polar surface area (TPSA) is 62.3 Å². The van der Waals surface area contributed by atoms with Crippen molar-refractivity contribution in [1.82, 2.24) is 15.2 Å². The van der Waals surface area contributed by atoms with Gasteiger partial charge in [0, 0.05) is 31.9 Å². The highest BCUT2D eigenvalue weighted by molar-refractivity contribution is 5.90. The van der Waals surface area contributed by atoms with E-state index in [1.807, 2.05) is 43.3 Å². The van der Waals surface area contributed by atoms with Gasteiger partial charge in [0.1, 0.15) is 6.04 Å². The van der Waals surface area contributed by atoms with E-state index >= 15 is 0 Å². The number of hydrogen-bond donors (Lipinski definition) is 1. The van der Waals surface area contributed by atoms with Crippen LogP contribution in [0, 0.1) is 6.92 Å². The van der Waals surface area contributed by atoms with E-state index in [0.717, 1.165) is 11.1 Å². The summed E-state index contributed by atoms with van der Waals surface area (Å²) in [6.07, 6.45) is 4.43. The minimum atomic E-state index is -0.393. The number of benzene rings is 1. The van der Waals surface area contributed by atoms with Crippen molar-refractivity contribution in [3.63, 3.8) is 0 Å². The maximum atomic E-state index is 12.5. The van der Waals surface area contributed by atoms with E-state index in [2.05, 4.69) is 10.3 Å². The number of amides is 2. The van der Waals surface area contributed by atoms with E-state index in [1.165, 1.54) is 5.56 Å². The smallest absolute Gasteiger partial charge is 0.243 e. The van der Waals surface area contributed by atoms with Crippen LogP contribution in [0.2, 0.25) is 0 Å². The maximum Gasteiger partial charge on any atom is 0.243 e. The molecule has 124 valence electrons. The van der Waals surface area contributed by atoms with E-state index in [1.54, 1.807) is 17.3 Å². The maximum absolute atomic E-state index is 12.5. The molecular formula is C19H21N3O2. The predicted molar refractivity (Wildman–Crippen MR) is 90.8 cm³/mol. The molecule has 5 nitrogen and oxygen atoms in total. The molecule has 1 aliphatic heterocycles. The van der Waals surface area contributed by atoms with Gasteiger partial charge in [-0.05, 0) is 30.5 Å². The summed E-state index contributed by atoms with van der Waals surface area (Å²) in [6, 6.07) is 11.4. The third-order valence-corrected chi connectivity index (χ3v) is 4.29. The third-order valence-electron chi connectivity index (χ3n) is 4.29. The van der Waals surface area contributed by atoms with Gasteiger partial charge in [-0.15, -0.1) is 0 Å². The molecule has 0 aliphatic carbocycles. The van der Waals surface area contributed by atoms with Crippen LogP contribution in [0.5, 0.6) is 0 Å². The summed E-state index contributed by atoms with van der Waals surface area (Å²) in [5.74, 6) is -0.0612. The van der Waals surface area contributed by atoms with Crippen LogP contribution >= 0.6 is 0 Å². The van der Waals surface area contributed by atoms with Crippen molar-refractivity contribution in [2.45, 2.75) is 38.9 Å². The summed E-state index contributed by atoms with van der Waals surface area (Å²) in [4.78, 5) is 30.4. The first-order chi connectivity index (χ1) is 11.6. The van der Waals surface area contributed by atoms with Crippen molar-refractivity contribution in [1.29, 1.82) is 0 Å². The lowest BCUT2D eigenvalue weighted by atomic mass is 10.1. The van der Waals surface area contributed by atoms with Gasteiger partial charge in [0.05, 0.1) is 0 Å². The number of pyridine rings is 1. The second kappa shape index (κ2) is 7.25. The lowest BCUT2D eigenvalue weighted by Crippen LogP contribution is -2.44. The van der Waals surface area contributed by atoms with Crippen LogP contribution < -0.4 is 5.32 Å². The fourth-order valence-electron chi connectivity index (χ4n) is 2.90. The Kier molecular flexibility index (Phi) is 4.89. The number of aromatic nitrogens is 1. The van der Waals surface area contributed by atoms with Gasteiger partial charge >= 0.3 is 0 Å². The number of hydrogen-bond acceptors (Lipinski definition) is 3. The first-order valence-corrected chi connectivity index (χ1v) is 8.15. The molecule has 0 saturated carbocycles. The molecule has 1 aromatic carbocycles. The summed E-state index contributed by atoms with van der Waals surface area (Å²) < 4.78 is 0. The lowest BCUT2D eigenvalue weighted by molar-refractivity contribution is -0.135. The van der Waals surface area contributed by atoms with Gasteiger partial charge in [0.2, 0.25) is 11.8 Å². The Morgan fingerprint density at radius 2 is 2.04 bits per heavy atom. The molecule has 1 atom stereocenters. The Morgan fingerprint density at radius 1 is 1.25 bits per heavy atom. The average Bonchev–Trinajstić information content (AvgIpc) is 2.96. The molecular weight excluding hydrogens is 302 g/mol. The zero-order valence-corrected chi connectivity index (χ0v) is 13.7. The molecule has 0 bridgehead atoms. The van der Waals surface area contributed by atoms with E-state index < -0.39 is 6.04 Å². The summed E-state index contributed by atoms with van der Waals surface area (Å²) >= 11 is 0. The number of nitrogens with zero attached hydrogens (tertiary/aromatic N) is 2. The van der Waals surface area contributed by atoms with Crippen molar-refractivity contribution in [2.75, 3.05) is 0 Å². The zero-order chi connectivity index (χ0) is 16.9. The van der Waals surface area contributed by atoms with Crippen LogP contribution in [-0.4, -0.2) is 27.7 Å². The lowest BCUT2D eigenvalue weighted by Gasteiger charge is -2.24. The Balaban J connectivity index is 1.63. The van der Waals surface area contributed by atoms with Crippen molar-refractivity contribution < 1.29 is 9.59 Å². The molecule has 1 aromatic heterocycles. The summed E-state index contributed by atoms with van der Waals surface area (Å²) in [7, 11) is 0. The quantitative estimate of drug-likeness (QED) is 0.917. The molecule has 2 amide bonds. The van der Waals surface area contributed by atoms with Crippen LogP contribution in [0.1, 0.15) is 29.5 Å². The van der Waals surface area contributed by atoms with Crippen LogP contribution in [0.15, 0.2) is 48.8 Å². The summed E-state index contributed by atoms with van der Waals surface area (Å²) in [6.45, 7) is 2.93.